The van der Waals surface area contributed by atoms with Crippen LogP contribution in [0.1, 0.15) is 13.3 Å². The van der Waals surface area contributed by atoms with Gasteiger partial charge in [0.2, 0.25) is 0 Å². The van der Waals surface area contributed by atoms with Gasteiger partial charge < -0.3 is 0 Å². The van der Waals surface area contributed by atoms with Crippen LogP contribution in [0.2, 0.25) is 0 Å². The molecule has 1 fully saturated rings. The van der Waals surface area contributed by atoms with Crippen LogP contribution in [-0.2, 0) is 9.05 Å². The summed E-state index contributed by atoms with van der Waals surface area (Å²) in [6.07, 6.45) is 1.04. The van der Waals surface area contributed by atoms with Crippen molar-refractivity contribution < 1.29 is 9.05 Å². The standard InChI is InChI=1S/C5H8NO2PSe/c1-5-2-3-7-9(10,4-6)8-5/h5H,2-3H2,1H3/t5-,9+/m0/s1. The Labute approximate surface area is 67.7 Å². The zero-order chi connectivity index (χ0) is 7.61. The molecule has 1 saturated heterocycles. The van der Waals surface area contributed by atoms with Crippen molar-refractivity contribution in [3.63, 3.8) is 0 Å². The van der Waals surface area contributed by atoms with E-state index in [1.54, 1.807) is 0 Å². The van der Waals surface area contributed by atoms with Crippen molar-refractivity contribution in [2.45, 2.75) is 19.4 Å². The second-order valence-electron chi connectivity index (χ2n) is 2.14. The van der Waals surface area contributed by atoms with Crippen LogP contribution in [0.4, 0.5) is 0 Å². The van der Waals surface area contributed by atoms with Gasteiger partial charge in [-0.3, -0.25) is 0 Å². The van der Waals surface area contributed by atoms with Gasteiger partial charge in [-0.05, 0) is 0 Å². The van der Waals surface area contributed by atoms with Gasteiger partial charge in [0.15, 0.2) is 0 Å². The van der Waals surface area contributed by atoms with E-state index >= 15 is 0 Å². The second kappa shape index (κ2) is 3.17. The molecule has 0 radical (unpaired) electrons. The van der Waals surface area contributed by atoms with Crippen LogP contribution < -0.4 is 0 Å². The summed E-state index contributed by atoms with van der Waals surface area (Å²) in [4.78, 5) is 0. The first kappa shape index (κ1) is 8.46. The molecular weight excluding hydrogens is 216 g/mol. The Morgan fingerprint density at radius 2 is 2.50 bits per heavy atom. The Balaban J connectivity index is 2.65. The Hall–Kier alpha value is 0.359. The third kappa shape index (κ3) is 1.92. The summed E-state index contributed by atoms with van der Waals surface area (Å²) in [6, 6.07) is 0. The summed E-state index contributed by atoms with van der Waals surface area (Å²) in [6.45, 7) is 2.58. The zero-order valence-corrected chi connectivity index (χ0v) is 8.22. The van der Waals surface area contributed by atoms with Crippen molar-refractivity contribution in [2.75, 3.05) is 6.61 Å². The molecule has 0 spiro atoms. The molecule has 5 heteroatoms. The second-order valence-corrected chi connectivity index (χ2v) is 6.83. The molecule has 1 rings (SSSR count). The molecule has 0 unspecified atom stereocenters. The van der Waals surface area contributed by atoms with E-state index in [1.165, 1.54) is 0 Å². The molecule has 0 amide bonds. The first-order valence-corrected chi connectivity index (χ1v) is 6.85. The molecule has 0 saturated carbocycles. The molecule has 0 aromatic heterocycles. The van der Waals surface area contributed by atoms with Crippen molar-refractivity contribution in [3.05, 3.63) is 0 Å². The molecule has 10 heavy (non-hydrogen) atoms. The summed E-state index contributed by atoms with van der Waals surface area (Å²) in [5.41, 5.74) is 0. The summed E-state index contributed by atoms with van der Waals surface area (Å²) >= 11 is 2.68. The molecule has 1 aliphatic heterocycles. The summed E-state index contributed by atoms with van der Waals surface area (Å²) < 4.78 is 10.5. The number of hydrogen-bond acceptors (Lipinski definition) is 3. The van der Waals surface area contributed by atoms with E-state index in [2.05, 4.69) is 15.1 Å². The van der Waals surface area contributed by atoms with Crippen LogP contribution in [0.5, 0.6) is 0 Å². The van der Waals surface area contributed by atoms with Gasteiger partial charge in [0.05, 0.1) is 0 Å². The predicted octanol–water partition coefficient (Wildman–Crippen LogP) is 1.22. The topological polar surface area (TPSA) is 42.2 Å². The van der Waals surface area contributed by atoms with Crippen molar-refractivity contribution in [1.82, 2.24) is 0 Å². The van der Waals surface area contributed by atoms with E-state index in [-0.39, 0.29) is 6.10 Å². The van der Waals surface area contributed by atoms with Crippen LogP contribution in [0.25, 0.3) is 0 Å². The molecule has 56 valence electrons. The van der Waals surface area contributed by atoms with Crippen molar-refractivity contribution in [3.8, 4) is 5.81 Å². The molecule has 0 N–H and O–H groups in total. The first-order valence-electron chi connectivity index (χ1n) is 3.00. The quantitative estimate of drug-likeness (QED) is 0.459. The molecule has 3 nitrogen and oxygen atoms in total. The number of hydrogen-bond donors (Lipinski definition) is 0. The number of nitrogens with zero attached hydrogens (tertiary/aromatic N) is 1. The third-order valence-corrected chi connectivity index (χ3v) is 4.35. The Morgan fingerprint density at radius 3 is 2.90 bits per heavy atom. The van der Waals surface area contributed by atoms with E-state index in [9.17, 15) is 0 Å². The Kier molecular flexibility index (Phi) is 2.68. The molecule has 1 aliphatic rings. The predicted molar refractivity (Wildman–Crippen MR) is 39.4 cm³/mol. The molecular formula is C5H8NO2PSe. The van der Waals surface area contributed by atoms with E-state index in [4.69, 9.17) is 14.3 Å². The Morgan fingerprint density at radius 1 is 1.80 bits per heavy atom. The van der Waals surface area contributed by atoms with Gasteiger partial charge in [0.25, 0.3) is 0 Å². The van der Waals surface area contributed by atoms with Gasteiger partial charge >= 0.3 is 67.2 Å². The Bertz CT molecular complexity index is 212. The minimum absolute atomic E-state index is 0.156. The van der Waals surface area contributed by atoms with Crippen LogP contribution in [-0.4, -0.2) is 27.8 Å². The fourth-order valence-electron chi connectivity index (χ4n) is 0.711. The normalized spacial score (nSPS) is 40.6. The SMILES string of the molecule is C[C@H]1CCO[P@](=[Se])(C#N)O1. The molecule has 0 aliphatic carbocycles. The summed E-state index contributed by atoms with van der Waals surface area (Å²) in [7, 11) is 0. The molecule has 1 heterocycles. The maximum absolute atomic E-state index is 8.59. The third-order valence-electron chi connectivity index (χ3n) is 1.23. The van der Waals surface area contributed by atoms with E-state index < -0.39 is 5.96 Å². The average Bonchev–Trinajstić information content (AvgIpc) is 1.88. The summed E-state index contributed by atoms with van der Waals surface area (Å²) in [5.74, 6) is -0.198. The fourth-order valence-corrected chi connectivity index (χ4v) is 3.20. The average molecular weight is 224 g/mol. The summed E-state index contributed by atoms with van der Waals surface area (Å²) in [5, 5.41) is 8.59. The van der Waals surface area contributed by atoms with Crippen LogP contribution >= 0.6 is 5.96 Å². The maximum atomic E-state index is 8.59. The van der Waals surface area contributed by atoms with Crippen molar-refractivity contribution in [1.29, 1.82) is 5.26 Å². The van der Waals surface area contributed by atoms with Crippen LogP contribution in [0.15, 0.2) is 0 Å². The van der Waals surface area contributed by atoms with Gasteiger partial charge in [-0.25, -0.2) is 0 Å². The van der Waals surface area contributed by atoms with Crippen molar-refractivity contribution >= 4 is 21.1 Å². The van der Waals surface area contributed by atoms with Crippen molar-refractivity contribution in [2.24, 2.45) is 0 Å². The van der Waals surface area contributed by atoms with E-state index in [0.717, 1.165) is 6.42 Å². The molecule has 0 aromatic rings. The van der Waals surface area contributed by atoms with Gasteiger partial charge in [-0.15, -0.1) is 0 Å². The minimum atomic E-state index is -2.22. The number of rotatable bonds is 0. The number of nitriles is 1. The van der Waals surface area contributed by atoms with E-state index in [1.807, 2.05) is 12.7 Å². The fraction of sp³-hybridized carbons (Fsp3) is 0.800. The zero-order valence-electron chi connectivity index (χ0n) is 5.61. The van der Waals surface area contributed by atoms with Gasteiger partial charge in [-0.2, -0.15) is 0 Å². The van der Waals surface area contributed by atoms with Gasteiger partial charge in [-0.1, -0.05) is 0 Å². The molecule has 0 aromatic carbocycles. The first-order chi connectivity index (χ1) is 4.66. The van der Waals surface area contributed by atoms with Gasteiger partial charge in [0.1, 0.15) is 0 Å². The van der Waals surface area contributed by atoms with E-state index in [0.29, 0.717) is 6.61 Å². The molecule has 0 bridgehead atoms. The van der Waals surface area contributed by atoms with Crippen LogP contribution in [0, 0.1) is 11.1 Å². The molecule has 2 atom stereocenters. The monoisotopic (exact) mass is 225 g/mol. The van der Waals surface area contributed by atoms with Gasteiger partial charge in [0, 0.05) is 0 Å². The van der Waals surface area contributed by atoms with Crippen LogP contribution in [0.3, 0.4) is 0 Å².